The molecule has 2 atom stereocenters. The number of carbonyl (C=O) groups excluding carboxylic acids is 2. The summed E-state index contributed by atoms with van der Waals surface area (Å²) in [6.45, 7) is 5.81. The van der Waals surface area contributed by atoms with Crippen molar-refractivity contribution in [2.45, 2.75) is 57.0 Å². The van der Waals surface area contributed by atoms with E-state index in [1.165, 1.54) is 23.4 Å². The Morgan fingerprint density at radius 1 is 1.00 bits per heavy atom. The summed E-state index contributed by atoms with van der Waals surface area (Å²) in [5, 5.41) is 18.5. The van der Waals surface area contributed by atoms with Gasteiger partial charge in [-0.25, -0.2) is 8.42 Å². The number of nitrogen functional groups attached to an aromatic ring is 1. The highest BCUT2D eigenvalue weighted by molar-refractivity contribution is 7.89. The first-order valence-electron chi connectivity index (χ1n) is 14.6. The number of nitrogens with zero attached hydrogens (tertiary/aromatic N) is 1. The van der Waals surface area contributed by atoms with Crippen molar-refractivity contribution in [3.05, 3.63) is 72.3 Å². The summed E-state index contributed by atoms with van der Waals surface area (Å²) in [5.41, 5.74) is 7.22. The van der Waals surface area contributed by atoms with E-state index in [0.29, 0.717) is 38.0 Å². The van der Waals surface area contributed by atoms with Gasteiger partial charge in [0.15, 0.2) is 0 Å². The van der Waals surface area contributed by atoms with Crippen LogP contribution in [0.3, 0.4) is 0 Å². The third-order valence-electron chi connectivity index (χ3n) is 7.08. The van der Waals surface area contributed by atoms with Gasteiger partial charge in [-0.2, -0.15) is 4.31 Å². The van der Waals surface area contributed by atoms with Crippen molar-refractivity contribution in [3.8, 4) is 0 Å². The summed E-state index contributed by atoms with van der Waals surface area (Å²) in [6, 6.07) is 18.7. The molecule has 3 aromatic carbocycles. The molecule has 0 unspecified atom stereocenters. The topological polar surface area (TPSA) is 151 Å². The summed E-state index contributed by atoms with van der Waals surface area (Å²) >= 11 is 0. The van der Waals surface area contributed by atoms with Crippen LogP contribution >= 0.6 is 0 Å². The smallest absolute Gasteiger partial charge is 0.302 e. The average Bonchev–Trinajstić information content (AvgIpc) is 2.97. The van der Waals surface area contributed by atoms with Crippen LogP contribution in [0.1, 0.15) is 39.2 Å². The van der Waals surface area contributed by atoms with Crippen LogP contribution in [0.25, 0.3) is 10.8 Å². The predicted molar refractivity (Wildman–Crippen MR) is 169 cm³/mol. The van der Waals surface area contributed by atoms with Crippen LogP contribution in [0.2, 0.25) is 0 Å². The van der Waals surface area contributed by atoms with Gasteiger partial charge in [0.25, 0.3) is 0 Å². The van der Waals surface area contributed by atoms with Crippen molar-refractivity contribution < 1.29 is 27.9 Å². The Hall–Kier alpha value is -3.51. The van der Waals surface area contributed by atoms with Crippen LogP contribution in [-0.4, -0.2) is 74.6 Å². The van der Waals surface area contributed by atoms with E-state index in [-0.39, 0.29) is 42.4 Å². The summed E-state index contributed by atoms with van der Waals surface area (Å²) in [7, 11) is -3.88. The number of anilines is 1. The monoisotopic (exact) mass is 612 g/mol. The molecule has 11 heteroatoms. The molecule has 0 heterocycles. The second-order valence-electron chi connectivity index (χ2n) is 11.0. The van der Waals surface area contributed by atoms with Gasteiger partial charge >= 0.3 is 5.97 Å². The quantitative estimate of drug-likeness (QED) is 0.103. The molecule has 0 aliphatic heterocycles. The van der Waals surface area contributed by atoms with Gasteiger partial charge in [-0.1, -0.05) is 56.3 Å². The maximum atomic E-state index is 13.5. The second-order valence-corrected chi connectivity index (χ2v) is 12.9. The minimum Gasteiger partial charge on any atom is -0.465 e. The van der Waals surface area contributed by atoms with Crippen molar-refractivity contribution in [1.82, 2.24) is 14.9 Å². The average molecular weight is 613 g/mol. The Morgan fingerprint density at radius 3 is 2.37 bits per heavy atom. The Kier molecular flexibility index (Phi) is 12.9. The summed E-state index contributed by atoms with van der Waals surface area (Å²) in [5.74, 6) is -0.574. The zero-order chi connectivity index (χ0) is 31.4. The zero-order valence-electron chi connectivity index (χ0n) is 25.2. The van der Waals surface area contributed by atoms with Crippen molar-refractivity contribution in [2.24, 2.45) is 5.92 Å². The zero-order valence-corrected chi connectivity index (χ0v) is 26.0. The number of aliphatic hydroxyl groups is 1. The van der Waals surface area contributed by atoms with Crippen molar-refractivity contribution in [1.29, 1.82) is 0 Å². The van der Waals surface area contributed by atoms with Gasteiger partial charge in [-0.15, -0.1) is 0 Å². The van der Waals surface area contributed by atoms with Crippen molar-refractivity contribution in [2.75, 3.05) is 38.6 Å². The molecule has 0 aromatic heterocycles. The molecule has 0 aliphatic rings. The van der Waals surface area contributed by atoms with E-state index >= 15 is 0 Å². The number of aliphatic hydroxyl groups excluding tert-OH is 1. The van der Waals surface area contributed by atoms with Gasteiger partial charge < -0.3 is 26.2 Å². The molecule has 3 rings (SSSR count). The molecule has 0 spiro atoms. The molecule has 43 heavy (non-hydrogen) atoms. The molecule has 0 saturated carbocycles. The summed E-state index contributed by atoms with van der Waals surface area (Å²) in [6.07, 6.45) is 1.23. The van der Waals surface area contributed by atoms with Crippen LogP contribution in [-0.2, 0) is 30.8 Å². The minimum absolute atomic E-state index is 0.0326. The fourth-order valence-corrected chi connectivity index (χ4v) is 6.76. The number of hydrogen-bond acceptors (Lipinski definition) is 8. The summed E-state index contributed by atoms with van der Waals surface area (Å²) < 4.78 is 33.4. The van der Waals surface area contributed by atoms with Gasteiger partial charge in [0, 0.05) is 38.3 Å². The van der Waals surface area contributed by atoms with Crippen LogP contribution in [0.15, 0.2) is 71.6 Å². The number of sulfonamides is 1. The largest absolute Gasteiger partial charge is 0.465 e. The standard InChI is InChI=1S/C32H44N4O6S/c1-23(2)21-36(43(40,41)29-15-13-27(33)14-16-29)28(22-37)11-7-17-35-32(39)31(34-18-19-42-24(3)38)20-26-10-6-9-25-8-4-5-12-30(25)26/h4-6,8-10,12-16,23,28,31,34,37H,7,11,17-22,33H2,1-3H3,(H,35,39)/t28-,31-/m0/s1. The molecule has 0 radical (unpaired) electrons. The van der Waals surface area contributed by atoms with E-state index < -0.39 is 22.1 Å². The Morgan fingerprint density at radius 2 is 1.70 bits per heavy atom. The molecular formula is C32H44N4O6S. The second kappa shape index (κ2) is 16.4. The van der Waals surface area contributed by atoms with Gasteiger partial charge in [0.05, 0.1) is 17.5 Å². The van der Waals surface area contributed by atoms with Crippen LogP contribution < -0.4 is 16.4 Å². The van der Waals surface area contributed by atoms with Gasteiger partial charge in [-0.05, 0) is 65.8 Å². The van der Waals surface area contributed by atoms with E-state index in [4.69, 9.17) is 10.5 Å². The Labute approximate surface area is 254 Å². The molecule has 1 amide bonds. The number of esters is 1. The predicted octanol–water partition coefficient (Wildman–Crippen LogP) is 3.09. The first kappa shape index (κ1) is 34.0. The fourth-order valence-electron chi connectivity index (χ4n) is 4.95. The maximum absolute atomic E-state index is 13.5. The van der Waals surface area contributed by atoms with Crippen LogP contribution in [0.5, 0.6) is 0 Å². The van der Waals surface area contributed by atoms with E-state index in [0.717, 1.165) is 16.3 Å². The lowest BCUT2D eigenvalue weighted by atomic mass is 9.98. The molecule has 0 bridgehead atoms. The number of amides is 1. The Bertz CT molecular complexity index is 1440. The van der Waals surface area contributed by atoms with Crippen LogP contribution in [0.4, 0.5) is 5.69 Å². The van der Waals surface area contributed by atoms with E-state index in [1.807, 2.05) is 56.3 Å². The van der Waals surface area contributed by atoms with Gasteiger partial charge in [-0.3, -0.25) is 9.59 Å². The number of rotatable bonds is 17. The number of fused-ring (bicyclic) bond motifs is 1. The Balaban J connectivity index is 1.66. The first-order valence-corrected chi connectivity index (χ1v) is 16.1. The molecule has 0 saturated heterocycles. The highest BCUT2D eigenvalue weighted by atomic mass is 32.2. The lowest BCUT2D eigenvalue weighted by Gasteiger charge is -2.31. The third-order valence-corrected chi connectivity index (χ3v) is 9.01. The van der Waals surface area contributed by atoms with E-state index in [9.17, 15) is 23.1 Å². The number of benzene rings is 3. The lowest BCUT2D eigenvalue weighted by molar-refractivity contribution is -0.140. The first-order chi connectivity index (χ1) is 20.5. The third kappa shape index (κ3) is 10.0. The molecule has 234 valence electrons. The van der Waals surface area contributed by atoms with Gasteiger partial charge in [0.2, 0.25) is 15.9 Å². The number of ether oxygens (including phenoxy) is 1. The maximum Gasteiger partial charge on any atom is 0.302 e. The number of carbonyl (C=O) groups is 2. The SMILES string of the molecule is CC(=O)OCCN[C@@H](Cc1cccc2ccccc12)C(=O)NCCC[C@@H](CO)N(CC(C)C)S(=O)(=O)c1ccc(N)cc1. The minimum atomic E-state index is -3.88. The highest BCUT2D eigenvalue weighted by Crippen LogP contribution is 2.23. The van der Waals surface area contributed by atoms with E-state index in [1.54, 1.807) is 12.1 Å². The molecule has 0 fully saturated rings. The number of nitrogens with two attached hydrogens (primary N) is 1. The normalized spacial score (nSPS) is 13.3. The van der Waals surface area contributed by atoms with Crippen LogP contribution in [0, 0.1) is 5.92 Å². The van der Waals surface area contributed by atoms with E-state index in [2.05, 4.69) is 10.6 Å². The molecular weight excluding hydrogens is 568 g/mol. The number of nitrogens with one attached hydrogen (secondary N) is 2. The molecule has 3 aromatic rings. The molecule has 10 nitrogen and oxygen atoms in total. The summed E-state index contributed by atoms with van der Waals surface area (Å²) in [4.78, 5) is 24.6. The molecule has 5 N–H and O–H groups in total. The fraction of sp³-hybridized carbons (Fsp3) is 0.438. The van der Waals surface area contributed by atoms with Crippen molar-refractivity contribution >= 4 is 38.4 Å². The molecule has 0 aliphatic carbocycles. The van der Waals surface area contributed by atoms with Gasteiger partial charge in [0.1, 0.15) is 6.61 Å². The number of hydrogen-bond donors (Lipinski definition) is 4. The highest BCUT2D eigenvalue weighted by Gasteiger charge is 2.31. The lowest BCUT2D eigenvalue weighted by Crippen LogP contribution is -2.47. The van der Waals surface area contributed by atoms with Crippen molar-refractivity contribution in [3.63, 3.8) is 0 Å².